The molecule has 5 nitrogen and oxygen atoms in total. The Kier molecular flexibility index (Phi) is 2.39. The van der Waals surface area contributed by atoms with Gasteiger partial charge in [0.1, 0.15) is 5.82 Å². The van der Waals surface area contributed by atoms with Crippen LogP contribution in [0.25, 0.3) is 0 Å². The van der Waals surface area contributed by atoms with Crippen molar-refractivity contribution in [3.05, 3.63) is 11.8 Å². The van der Waals surface area contributed by atoms with Crippen molar-refractivity contribution in [2.45, 2.75) is 25.8 Å². The van der Waals surface area contributed by atoms with Crippen LogP contribution in [0.2, 0.25) is 0 Å². The summed E-state index contributed by atoms with van der Waals surface area (Å²) in [5.74, 6) is 0.790. The van der Waals surface area contributed by atoms with E-state index < -0.39 is 0 Å². The highest BCUT2D eigenvalue weighted by Crippen LogP contribution is 2.20. The van der Waals surface area contributed by atoms with Gasteiger partial charge in [-0.3, -0.25) is 4.79 Å². The smallest absolute Gasteiger partial charge is 0.217 e. The molecule has 0 saturated carbocycles. The number of hydrogen-bond acceptors (Lipinski definition) is 3. The second kappa shape index (κ2) is 3.69. The summed E-state index contributed by atoms with van der Waals surface area (Å²) in [6.45, 7) is 1.94. The van der Waals surface area contributed by atoms with Gasteiger partial charge in [-0.15, -0.1) is 0 Å². The van der Waals surface area contributed by atoms with Crippen molar-refractivity contribution < 1.29 is 4.79 Å². The Morgan fingerprint density at radius 3 is 3.36 bits per heavy atom. The number of rotatable bonds is 3. The van der Waals surface area contributed by atoms with Crippen LogP contribution in [0.3, 0.4) is 0 Å². The van der Waals surface area contributed by atoms with Crippen LogP contribution in [-0.4, -0.2) is 22.2 Å². The number of fused-ring (bicyclic) bond motifs is 1. The molecule has 2 rings (SSSR count). The molecule has 0 fully saturated rings. The van der Waals surface area contributed by atoms with E-state index >= 15 is 0 Å². The second-order valence-electron chi connectivity index (χ2n) is 3.49. The highest BCUT2D eigenvalue weighted by molar-refractivity contribution is 5.74. The Labute approximate surface area is 82.3 Å². The molecule has 1 aliphatic rings. The van der Waals surface area contributed by atoms with E-state index in [1.807, 2.05) is 10.9 Å². The van der Waals surface area contributed by atoms with Gasteiger partial charge in [-0.1, -0.05) is 0 Å². The van der Waals surface area contributed by atoms with Gasteiger partial charge in [-0.2, -0.15) is 5.10 Å². The van der Waals surface area contributed by atoms with Gasteiger partial charge in [0.05, 0.1) is 6.20 Å². The first-order valence-corrected chi connectivity index (χ1v) is 4.84. The van der Waals surface area contributed by atoms with Crippen molar-refractivity contribution in [1.29, 1.82) is 0 Å². The summed E-state index contributed by atoms with van der Waals surface area (Å²) in [5.41, 5.74) is 6.19. The second-order valence-corrected chi connectivity index (χ2v) is 3.49. The summed E-state index contributed by atoms with van der Waals surface area (Å²) in [5, 5.41) is 7.52. The first kappa shape index (κ1) is 9.05. The van der Waals surface area contributed by atoms with Crippen molar-refractivity contribution in [2.75, 3.05) is 11.9 Å². The number of nitrogens with two attached hydrogens (primary N) is 1. The molecule has 1 aromatic rings. The number of aryl methyl sites for hydroxylation is 2. The molecule has 1 aliphatic heterocycles. The number of aromatic nitrogens is 2. The van der Waals surface area contributed by atoms with Gasteiger partial charge in [0, 0.05) is 25.1 Å². The summed E-state index contributed by atoms with van der Waals surface area (Å²) >= 11 is 0. The molecule has 0 spiro atoms. The lowest BCUT2D eigenvalue weighted by Gasteiger charge is -2.16. The van der Waals surface area contributed by atoms with Crippen LogP contribution in [0.15, 0.2) is 6.20 Å². The molecule has 0 atom stereocenters. The predicted octanol–water partition coefficient (Wildman–Crippen LogP) is 0.117. The van der Waals surface area contributed by atoms with Crippen molar-refractivity contribution in [2.24, 2.45) is 5.73 Å². The molecule has 14 heavy (non-hydrogen) atoms. The molecule has 0 aromatic carbocycles. The van der Waals surface area contributed by atoms with Crippen LogP contribution in [0.1, 0.15) is 18.4 Å². The van der Waals surface area contributed by atoms with E-state index in [9.17, 15) is 4.79 Å². The van der Waals surface area contributed by atoms with Crippen molar-refractivity contribution >= 4 is 11.7 Å². The third-order valence-corrected chi connectivity index (χ3v) is 2.40. The molecule has 1 aromatic heterocycles. The minimum Gasteiger partial charge on any atom is -0.370 e. The molecule has 76 valence electrons. The zero-order valence-electron chi connectivity index (χ0n) is 7.99. The summed E-state index contributed by atoms with van der Waals surface area (Å²) in [6.07, 6.45) is 3.98. The number of carbonyl (C=O) groups is 1. The van der Waals surface area contributed by atoms with E-state index in [2.05, 4.69) is 10.4 Å². The van der Waals surface area contributed by atoms with E-state index in [0.717, 1.165) is 30.9 Å². The molecule has 2 heterocycles. The Morgan fingerprint density at radius 1 is 1.71 bits per heavy atom. The number of nitrogens with one attached hydrogen (secondary N) is 1. The summed E-state index contributed by atoms with van der Waals surface area (Å²) in [7, 11) is 0. The number of carbonyl (C=O) groups excluding carboxylic acids is 1. The van der Waals surface area contributed by atoms with Gasteiger partial charge >= 0.3 is 0 Å². The van der Waals surface area contributed by atoms with Crippen LogP contribution in [0.4, 0.5) is 5.82 Å². The van der Waals surface area contributed by atoms with Crippen LogP contribution < -0.4 is 11.1 Å². The molecule has 0 saturated heterocycles. The fourth-order valence-electron chi connectivity index (χ4n) is 1.67. The Bertz CT molecular complexity index is 345. The highest BCUT2D eigenvalue weighted by Gasteiger charge is 2.13. The SMILES string of the molecule is NC(=O)CCc1cnn2c1NCCC2. The van der Waals surface area contributed by atoms with Crippen LogP contribution in [0.5, 0.6) is 0 Å². The molecule has 0 bridgehead atoms. The Balaban J connectivity index is 2.10. The molecule has 3 N–H and O–H groups in total. The third kappa shape index (κ3) is 1.71. The Morgan fingerprint density at radius 2 is 2.57 bits per heavy atom. The fourth-order valence-corrected chi connectivity index (χ4v) is 1.67. The minimum atomic E-state index is -0.263. The third-order valence-electron chi connectivity index (χ3n) is 2.40. The van der Waals surface area contributed by atoms with Crippen LogP contribution in [0, 0.1) is 0 Å². The van der Waals surface area contributed by atoms with E-state index in [1.54, 1.807) is 0 Å². The normalized spacial score (nSPS) is 14.6. The van der Waals surface area contributed by atoms with Crippen molar-refractivity contribution in [1.82, 2.24) is 9.78 Å². The van der Waals surface area contributed by atoms with Crippen molar-refractivity contribution in [3.8, 4) is 0 Å². The van der Waals surface area contributed by atoms with E-state index in [4.69, 9.17) is 5.73 Å². The van der Waals surface area contributed by atoms with Crippen LogP contribution >= 0.6 is 0 Å². The fraction of sp³-hybridized carbons (Fsp3) is 0.556. The maximum Gasteiger partial charge on any atom is 0.217 e. The molecular weight excluding hydrogens is 180 g/mol. The average molecular weight is 194 g/mol. The van der Waals surface area contributed by atoms with E-state index in [-0.39, 0.29) is 5.91 Å². The number of amides is 1. The van der Waals surface area contributed by atoms with E-state index in [1.165, 1.54) is 0 Å². The molecule has 1 amide bonds. The number of hydrogen-bond donors (Lipinski definition) is 2. The number of primary amides is 1. The van der Waals surface area contributed by atoms with Gasteiger partial charge in [-0.25, -0.2) is 4.68 Å². The molecule has 0 unspecified atom stereocenters. The predicted molar refractivity (Wildman–Crippen MR) is 52.8 cm³/mol. The monoisotopic (exact) mass is 194 g/mol. The molecule has 0 radical (unpaired) electrons. The maximum atomic E-state index is 10.6. The standard InChI is InChI=1S/C9H14N4O/c10-8(14)3-2-7-6-12-13-5-1-4-11-9(7)13/h6,11H,1-5H2,(H2,10,14). The number of anilines is 1. The highest BCUT2D eigenvalue weighted by atomic mass is 16.1. The first-order valence-electron chi connectivity index (χ1n) is 4.84. The van der Waals surface area contributed by atoms with Gasteiger partial charge in [0.15, 0.2) is 0 Å². The zero-order chi connectivity index (χ0) is 9.97. The lowest BCUT2D eigenvalue weighted by atomic mass is 10.1. The largest absolute Gasteiger partial charge is 0.370 e. The van der Waals surface area contributed by atoms with Gasteiger partial charge in [0.25, 0.3) is 0 Å². The molecule has 5 heteroatoms. The lowest BCUT2D eigenvalue weighted by Crippen LogP contribution is -2.18. The lowest BCUT2D eigenvalue weighted by molar-refractivity contribution is -0.117. The van der Waals surface area contributed by atoms with Crippen molar-refractivity contribution in [3.63, 3.8) is 0 Å². The average Bonchev–Trinajstić information content (AvgIpc) is 2.58. The zero-order valence-corrected chi connectivity index (χ0v) is 7.99. The summed E-state index contributed by atoms with van der Waals surface area (Å²) in [4.78, 5) is 10.6. The topological polar surface area (TPSA) is 72.9 Å². The van der Waals surface area contributed by atoms with E-state index in [0.29, 0.717) is 12.8 Å². The summed E-state index contributed by atoms with van der Waals surface area (Å²) in [6, 6.07) is 0. The summed E-state index contributed by atoms with van der Waals surface area (Å²) < 4.78 is 1.94. The Hall–Kier alpha value is -1.52. The maximum absolute atomic E-state index is 10.6. The quantitative estimate of drug-likeness (QED) is 0.717. The number of nitrogens with zero attached hydrogens (tertiary/aromatic N) is 2. The minimum absolute atomic E-state index is 0.263. The van der Waals surface area contributed by atoms with Gasteiger partial charge in [-0.05, 0) is 12.8 Å². The van der Waals surface area contributed by atoms with Crippen LogP contribution in [-0.2, 0) is 17.8 Å². The molecule has 0 aliphatic carbocycles. The van der Waals surface area contributed by atoms with Gasteiger partial charge in [0.2, 0.25) is 5.91 Å². The molecular formula is C9H14N4O. The first-order chi connectivity index (χ1) is 6.77. The van der Waals surface area contributed by atoms with Gasteiger partial charge < -0.3 is 11.1 Å².